The zero-order valence-corrected chi connectivity index (χ0v) is 33.2. The van der Waals surface area contributed by atoms with E-state index in [4.69, 9.17) is 9.47 Å². The third-order valence-corrected chi connectivity index (χ3v) is 12.0. The van der Waals surface area contributed by atoms with E-state index in [1.807, 2.05) is 42.6 Å². The third-order valence-electron chi connectivity index (χ3n) is 11.5. The van der Waals surface area contributed by atoms with Crippen molar-refractivity contribution in [3.63, 3.8) is 0 Å². The van der Waals surface area contributed by atoms with Crippen LogP contribution < -0.4 is 29.9 Å². The molecule has 0 bridgehead atoms. The first-order chi connectivity index (χ1) is 28.2. The lowest BCUT2D eigenvalue weighted by atomic mass is 9.78. The highest BCUT2D eigenvalue weighted by Gasteiger charge is 2.39. The second kappa shape index (κ2) is 16.1. The van der Waals surface area contributed by atoms with Crippen LogP contribution in [0, 0.1) is 11.6 Å². The fourth-order valence-electron chi connectivity index (χ4n) is 8.29. The number of aliphatic hydroxyl groups excluding tert-OH is 1. The minimum absolute atomic E-state index is 0.0483. The molecule has 3 N–H and O–H groups in total. The van der Waals surface area contributed by atoms with Crippen LogP contribution in [0.2, 0.25) is 0 Å². The largest absolute Gasteiger partial charge is 0.477 e. The van der Waals surface area contributed by atoms with Gasteiger partial charge in [0.1, 0.15) is 23.1 Å². The van der Waals surface area contributed by atoms with E-state index in [0.29, 0.717) is 47.6 Å². The van der Waals surface area contributed by atoms with Gasteiger partial charge >= 0.3 is 0 Å². The molecule has 11 nitrogen and oxygen atoms in total. The molecule has 0 spiro atoms. The fourth-order valence-corrected chi connectivity index (χ4v) is 8.70. The van der Waals surface area contributed by atoms with E-state index in [1.165, 1.54) is 12.1 Å². The van der Waals surface area contributed by atoms with Gasteiger partial charge in [0.05, 0.1) is 42.3 Å². The SMILES string of the molecule is O=C(NC1CC1)C1CN(Cc2ccc(-n3cccn3)cc2)c2ccc(C3CCCC(NC(=O)C4CN(Cc5c(F)cc(Br)cc5F)c5ccccc5O4)C3O)cc2O1. The molecule has 1 aromatic heterocycles. The lowest BCUT2D eigenvalue weighted by molar-refractivity contribution is -0.130. The Morgan fingerprint density at radius 2 is 1.48 bits per heavy atom. The molecule has 2 amide bonds. The number of ether oxygens (including phenoxy) is 2. The van der Waals surface area contributed by atoms with Crippen LogP contribution in [0.4, 0.5) is 20.2 Å². The van der Waals surface area contributed by atoms with E-state index in [0.717, 1.165) is 41.8 Å². The number of aromatic nitrogens is 2. The number of hydrogen-bond acceptors (Lipinski definition) is 8. The summed E-state index contributed by atoms with van der Waals surface area (Å²) in [5.41, 5.74) is 4.23. The van der Waals surface area contributed by atoms with Gasteiger partial charge in [0.25, 0.3) is 11.8 Å². The number of nitrogens with zero attached hydrogens (tertiary/aromatic N) is 4. The Balaban J connectivity index is 0.912. The molecular formula is C44H43BrF2N6O5. The standard InChI is InChI=1S/C44H43BrF2N6O5/c45-28-20-33(46)32(34(47)21-28)23-52-25-41(57-38-8-2-1-7-36(38)52)44(56)50-35-6-3-5-31(42(35)54)27-11-16-37-39(19-27)58-40(43(55)49-29-12-13-29)24-51(37)22-26-9-14-30(15-10-26)53-18-4-17-48-53/h1-2,4,7-11,14-21,29,31,35,40-42,54H,3,5-6,12-13,22-25H2,(H,49,55)(H,50,56). The van der Waals surface area contributed by atoms with Gasteiger partial charge in [0, 0.05) is 47.5 Å². The molecule has 0 saturated heterocycles. The topological polar surface area (TPSA) is 121 Å². The maximum absolute atomic E-state index is 14.9. The van der Waals surface area contributed by atoms with Crippen LogP contribution >= 0.6 is 15.9 Å². The van der Waals surface area contributed by atoms with Gasteiger partial charge in [-0.2, -0.15) is 5.10 Å². The normalized spacial score (nSPS) is 22.6. The maximum atomic E-state index is 14.9. The Labute approximate surface area is 343 Å². The highest BCUT2D eigenvalue weighted by atomic mass is 79.9. The lowest BCUT2D eigenvalue weighted by Crippen LogP contribution is -2.55. The first-order valence-corrected chi connectivity index (χ1v) is 20.5. The third kappa shape index (κ3) is 7.99. The number of halogens is 3. The number of carbonyl (C=O) groups is 2. The molecule has 5 aromatic rings. The van der Waals surface area contributed by atoms with E-state index in [9.17, 15) is 23.5 Å². The lowest BCUT2D eigenvalue weighted by Gasteiger charge is -2.39. The zero-order chi connectivity index (χ0) is 39.9. The fraction of sp³-hybridized carbons (Fsp3) is 0.341. The van der Waals surface area contributed by atoms with Crippen LogP contribution in [-0.4, -0.2) is 70.2 Å². The van der Waals surface area contributed by atoms with E-state index >= 15 is 0 Å². The Hall–Kier alpha value is -5.47. The van der Waals surface area contributed by atoms with Gasteiger partial charge in [0.2, 0.25) is 0 Å². The molecule has 2 aliphatic carbocycles. The molecule has 300 valence electrons. The predicted octanol–water partition coefficient (Wildman–Crippen LogP) is 6.54. The molecule has 5 unspecified atom stereocenters. The van der Waals surface area contributed by atoms with Crippen molar-refractivity contribution in [2.75, 3.05) is 22.9 Å². The first-order valence-electron chi connectivity index (χ1n) is 19.7. The number of fused-ring (bicyclic) bond motifs is 2. The van der Waals surface area contributed by atoms with Crippen molar-refractivity contribution in [3.8, 4) is 17.2 Å². The molecular weight excluding hydrogens is 810 g/mol. The Kier molecular flexibility index (Phi) is 10.5. The Morgan fingerprint density at radius 1 is 0.793 bits per heavy atom. The molecule has 3 heterocycles. The molecule has 14 heteroatoms. The number of carbonyl (C=O) groups excluding carboxylic acids is 2. The van der Waals surface area contributed by atoms with E-state index in [2.05, 4.69) is 48.7 Å². The minimum Gasteiger partial charge on any atom is -0.477 e. The number of hydrogen-bond donors (Lipinski definition) is 3. The maximum Gasteiger partial charge on any atom is 0.263 e. The summed E-state index contributed by atoms with van der Waals surface area (Å²) in [6, 6.07) is 25.1. The summed E-state index contributed by atoms with van der Waals surface area (Å²) in [4.78, 5) is 31.2. The molecule has 58 heavy (non-hydrogen) atoms. The van der Waals surface area contributed by atoms with Gasteiger partial charge in [-0.05, 0) is 91.4 Å². The number of benzene rings is 4. The van der Waals surface area contributed by atoms with Crippen molar-refractivity contribution in [1.29, 1.82) is 0 Å². The van der Waals surface area contributed by atoms with Crippen LogP contribution in [0.25, 0.3) is 5.69 Å². The van der Waals surface area contributed by atoms with E-state index < -0.39 is 41.9 Å². The van der Waals surface area contributed by atoms with Crippen molar-refractivity contribution in [3.05, 3.63) is 130 Å². The first kappa shape index (κ1) is 38.1. The summed E-state index contributed by atoms with van der Waals surface area (Å²) in [7, 11) is 0. The predicted molar refractivity (Wildman–Crippen MR) is 217 cm³/mol. The van der Waals surface area contributed by atoms with Crippen LogP contribution in [-0.2, 0) is 22.7 Å². The smallest absolute Gasteiger partial charge is 0.263 e. The van der Waals surface area contributed by atoms with Crippen LogP contribution in [0.1, 0.15) is 54.7 Å². The number of aliphatic hydroxyl groups is 1. The average molecular weight is 854 g/mol. The highest BCUT2D eigenvalue weighted by molar-refractivity contribution is 9.10. The van der Waals surface area contributed by atoms with Gasteiger partial charge in [-0.1, -0.05) is 52.7 Å². The van der Waals surface area contributed by atoms with Crippen molar-refractivity contribution in [2.45, 2.75) is 81.5 Å². The molecule has 5 atom stereocenters. The van der Waals surface area contributed by atoms with E-state index in [1.54, 1.807) is 40.0 Å². The molecule has 9 rings (SSSR count). The molecule has 0 radical (unpaired) electrons. The number of rotatable bonds is 10. The summed E-state index contributed by atoms with van der Waals surface area (Å²) in [6.45, 7) is 0.875. The number of nitrogens with one attached hydrogen (secondary N) is 2. The molecule has 4 aromatic carbocycles. The van der Waals surface area contributed by atoms with Gasteiger partial charge < -0.3 is 35.0 Å². The van der Waals surface area contributed by atoms with Gasteiger partial charge in [-0.15, -0.1) is 0 Å². The summed E-state index contributed by atoms with van der Waals surface area (Å²) in [6.07, 6.45) is 4.94. The number of anilines is 2. The Morgan fingerprint density at radius 3 is 2.21 bits per heavy atom. The summed E-state index contributed by atoms with van der Waals surface area (Å²) >= 11 is 3.14. The minimum atomic E-state index is -0.993. The van der Waals surface area contributed by atoms with E-state index in [-0.39, 0.29) is 36.5 Å². The van der Waals surface area contributed by atoms with Crippen molar-refractivity contribution < 1.29 is 33.0 Å². The molecule has 2 aliphatic heterocycles. The molecule has 2 saturated carbocycles. The number of para-hydroxylation sites is 2. The van der Waals surface area contributed by atoms with Crippen molar-refractivity contribution in [1.82, 2.24) is 20.4 Å². The van der Waals surface area contributed by atoms with Crippen molar-refractivity contribution in [2.24, 2.45) is 0 Å². The second-order valence-electron chi connectivity index (χ2n) is 15.6. The van der Waals surface area contributed by atoms with Crippen LogP contribution in [0.15, 0.2) is 102 Å². The van der Waals surface area contributed by atoms with Crippen molar-refractivity contribution >= 4 is 39.1 Å². The van der Waals surface area contributed by atoms with Gasteiger partial charge in [0.15, 0.2) is 12.2 Å². The van der Waals surface area contributed by atoms with Crippen LogP contribution in [0.3, 0.4) is 0 Å². The molecule has 2 fully saturated rings. The summed E-state index contributed by atoms with van der Waals surface area (Å²) < 4.78 is 44.5. The van der Waals surface area contributed by atoms with Crippen LogP contribution in [0.5, 0.6) is 11.5 Å². The second-order valence-corrected chi connectivity index (χ2v) is 16.5. The number of amides is 2. The van der Waals surface area contributed by atoms with Gasteiger partial charge in [-0.3, -0.25) is 9.59 Å². The zero-order valence-electron chi connectivity index (χ0n) is 31.6. The average Bonchev–Trinajstić information content (AvgIpc) is 3.87. The summed E-state index contributed by atoms with van der Waals surface area (Å²) in [5, 5.41) is 22.3. The monoisotopic (exact) mass is 852 g/mol. The summed E-state index contributed by atoms with van der Waals surface area (Å²) in [5.74, 6) is -1.27. The highest BCUT2D eigenvalue weighted by Crippen LogP contribution is 2.41. The van der Waals surface area contributed by atoms with Gasteiger partial charge in [-0.25, -0.2) is 13.5 Å². The molecule has 4 aliphatic rings. The Bertz CT molecular complexity index is 2290. The quantitative estimate of drug-likeness (QED) is 0.145.